The molecule has 1 fully saturated rings. The molecule has 5 N–H and O–H groups in total. The molecule has 30 heavy (non-hydrogen) atoms. The average Bonchev–Trinajstić information content (AvgIpc) is 2.67. The van der Waals surface area contributed by atoms with E-state index in [0.717, 1.165) is 48.0 Å². The van der Waals surface area contributed by atoms with Gasteiger partial charge < -0.3 is 26.3 Å². The van der Waals surface area contributed by atoms with Gasteiger partial charge in [-0.1, -0.05) is 0 Å². The minimum atomic E-state index is -0.517. The van der Waals surface area contributed by atoms with Gasteiger partial charge in [0.25, 0.3) is 0 Å². The summed E-state index contributed by atoms with van der Waals surface area (Å²) in [5, 5.41) is 6.80. The van der Waals surface area contributed by atoms with Crippen molar-refractivity contribution in [2.45, 2.75) is 58.1 Å². The van der Waals surface area contributed by atoms with E-state index >= 15 is 0 Å². The highest BCUT2D eigenvalue weighted by atomic mass is 16.6. The SMILES string of the molecule is COc1ccc2nccc(NC(=O)C3CCC(NC(=O)OC(C)(C)C)CC3)c2c1.N. The molecule has 164 valence electrons. The average molecular weight is 417 g/mol. The van der Waals surface area contributed by atoms with Crippen LogP contribution in [0.3, 0.4) is 0 Å². The van der Waals surface area contributed by atoms with E-state index in [1.165, 1.54) is 0 Å². The number of hydrogen-bond donors (Lipinski definition) is 3. The largest absolute Gasteiger partial charge is 0.497 e. The van der Waals surface area contributed by atoms with Crippen LogP contribution in [-0.2, 0) is 9.53 Å². The first kappa shape index (κ1) is 23.4. The van der Waals surface area contributed by atoms with Crippen LogP contribution in [0.1, 0.15) is 46.5 Å². The number of nitrogens with zero attached hydrogens (tertiary/aromatic N) is 1. The van der Waals surface area contributed by atoms with Crippen LogP contribution in [0.4, 0.5) is 10.5 Å². The van der Waals surface area contributed by atoms with Crippen molar-refractivity contribution in [1.82, 2.24) is 16.5 Å². The molecule has 0 spiro atoms. The van der Waals surface area contributed by atoms with Gasteiger partial charge in [0.15, 0.2) is 0 Å². The number of ether oxygens (including phenoxy) is 2. The van der Waals surface area contributed by atoms with E-state index in [-0.39, 0.29) is 24.0 Å². The minimum absolute atomic E-state index is 0. The zero-order valence-electron chi connectivity index (χ0n) is 18.2. The molecule has 1 aromatic carbocycles. The molecule has 0 unspecified atom stereocenters. The van der Waals surface area contributed by atoms with E-state index in [2.05, 4.69) is 15.6 Å². The lowest BCUT2D eigenvalue weighted by Gasteiger charge is -2.29. The van der Waals surface area contributed by atoms with Gasteiger partial charge in [-0.2, -0.15) is 0 Å². The van der Waals surface area contributed by atoms with Crippen molar-refractivity contribution in [3.63, 3.8) is 0 Å². The molecule has 0 aliphatic heterocycles. The zero-order chi connectivity index (χ0) is 21.0. The highest BCUT2D eigenvalue weighted by molar-refractivity contribution is 6.02. The Morgan fingerprint density at radius 1 is 1.10 bits per heavy atom. The quantitative estimate of drug-likeness (QED) is 0.677. The smallest absolute Gasteiger partial charge is 0.407 e. The molecule has 0 bridgehead atoms. The number of hydrogen-bond acceptors (Lipinski definition) is 6. The van der Waals surface area contributed by atoms with Crippen LogP contribution in [-0.4, -0.2) is 35.7 Å². The van der Waals surface area contributed by atoms with Gasteiger partial charge in [-0.25, -0.2) is 4.79 Å². The maximum absolute atomic E-state index is 12.8. The summed E-state index contributed by atoms with van der Waals surface area (Å²) in [5.41, 5.74) is 1.01. The second-order valence-corrected chi connectivity index (χ2v) is 8.43. The number of carbonyl (C=O) groups excluding carboxylic acids is 2. The van der Waals surface area contributed by atoms with E-state index in [4.69, 9.17) is 9.47 Å². The summed E-state index contributed by atoms with van der Waals surface area (Å²) in [4.78, 5) is 29.1. The molecule has 3 rings (SSSR count). The summed E-state index contributed by atoms with van der Waals surface area (Å²) >= 11 is 0. The van der Waals surface area contributed by atoms with E-state index in [1.54, 1.807) is 19.4 Å². The first-order valence-electron chi connectivity index (χ1n) is 9.98. The van der Waals surface area contributed by atoms with E-state index in [0.29, 0.717) is 0 Å². The normalized spacial score (nSPS) is 18.8. The highest BCUT2D eigenvalue weighted by Crippen LogP contribution is 2.29. The number of methoxy groups -OCH3 is 1. The molecule has 1 aliphatic rings. The molecule has 8 heteroatoms. The van der Waals surface area contributed by atoms with Crippen molar-refractivity contribution in [1.29, 1.82) is 0 Å². The van der Waals surface area contributed by atoms with Crippen molar-refractivity contribution in [3.05, 3.63) is 30.5 Å². The maximum Gasteiger partial charge on any atom is 0.407 e. The number of rotatable bonds is 4. The molecule has 2 aromatic rings. The number of anilines is 1. The Hall–Kier alpha value is -2.87. The minimum Gasteiger partial charge on any atom is -0.497 e. The first-order chi connectivity index (χ1) is 13.7. The lowest BCUT2D eigenvalue weighted by molar-refractivity contribution is -0.120. The fourth-order valence-electron chi connectivity index (χ4n) is 3.57. The molecule has 1 saturated carbocycles. The van der Waals surface area contributed by atoms with Gasteiger partial charge in [-0.15, -0.1) is 0 Å². The number of alkyl carbamates (subject to hydrolysis) is 1. The number of carbonyl (C=O) groups is 2. The molecule has 1 aliphatic carbocycles. The predicted molar refractivity (Wildman–Crippen MR) is 117 cm³/mol. The molecule has 2 amide bonds. The van der Waals surface area contributed by atoms with E-state index in [1.807, 2.05) is 39.0 Å². The van der Waals surface area contributed by atoms with Gasteiger partial charge >= 0.3 is 6.09 Å². The molecule has 8 nitrogen and oxygen atoms in total. The second kappa shape index (κ2) is 9.75. The number of aromatic nitrogens is 1. The fourth-order valence-corrected chi connectivity index (χ4v) is 3.57. The third-order valence-electron chi connectivity index (χ3n) is 5.03. The Morgan fingerprint density at radius 2 is 1.80 bits per heavy atom. The number of nitrogens with one attached hydrogen (secondary N) is 2. The van der Waals surface area contributed by atoms with Gasteiger partial charge in [0.05, 0.1) is 18.3 Å². The third-order valence-corrected chi connectivity index (χ3v) is 5.03. The van der Waals surface area contributed by atoms with Crippen molar-refractivity contribution in [3.8, 4) is 5.75 Å². The van der Waals surface area contributed by atoms with Crippen molar-refractivity contribution in [2.24, 2.45) is 5.92 Å². The Morgan fingerprint density at radius 3 is 2.43 bits per heavy atom. The van der Waals surface area contributed by atoms with Crippen molar-refractivity contribution < 1.29 is 19.1 Å². The number of amides is 2. The number of benzene rings is 1. The molecule has 1 aromatic heterocycles. The molecule has 0 atom stereocenters. The van der Waals surface area contributed by atoms with Crippen LogP contribution in [0.2, 0.25) is 0 Å². The Balaban J connectivity index is 0.00000320. The van der Waals surface area contributed by atoms with Crippen molar-refractivity contribution >= 4 is 28.6 Å². The van der Waals surface area contributed by atoms with Crippen LogP contribution < -0.4 is 21.5 Å². The topological polar surface area (TPSA) is 125 Å². The summed E-state index contributed by atoms with van der Waals surface area (Å²) in [6.45, 7) is 5.52. The maximum atomic E-state index is 12.8. The van der Waals surface area contributed by atoms with Gasteiger partial charge in [0.2, 0.25) is 5.91 Å². The Labute approximate surface area is 177 Å². The molecular weight excluding hydrogens is 384 g/mol. The lowest BCUT2D eigenvalue weighted by Crippen LogP contribution is -2.42. The standard InChI is InChI=1S/C22H29N3O4.H3N/c1-22(2,3)29-21(27)24-15-7-5-14(6-8-15)20(26)25-19-11-12-23-18-10-9-16(28-4)13-17(18)19;/h9-15H,5-8H2,1-4H3,(H,24,27)(H,23,25,26);1H3. The summed E-state index contributed by atoms with van der Waals surface area (Å²) in [7, 11) is 1.61. The monoisotopic (exact) mass is 416 g/mol. The summed E-state index contributed by atoms with van der Waals surface area (Å²) in [5.74, 6) is 0.631. The number of fused-ring (bicyclic) bond motifs is 1. The zero-order valence-corrected chi connectivity index (χ0v) is 18.2. The highest BCUT2D eigenvalue weighted by Gasteiger charge is 2.28. The predicted octanol–water partition coefficient (Wildman–Crippen LogP) is 4.43. The summed E-state index contributed by atoms with van der Waals surface area (Å²) in [6, 6.07) is 7.44. The fraction of sp³-hybridized carbons (Fsp3) is 0.500. The Kier molecular flexibility index (Phi) is 7.61. The molecule has 0 radical (unpaired) electrons. The van der Waals surface area contributed by atoms with Gasteiger partial charge in [-0.3, -0.25) is 9.78 Å². The van der Waals surface area contributed by atoms with Crippen LogP contribution >= 0.6 is 0 Å². The first-order valence-corrected chi connectivity index (χ1v) is 9.98. The van der Waals surface area contributed by atoms with Crippen LogP contribution in [0.5, 0.6) is 5.75 Å². The van der Waals surface area contributed by atoms with Crippen LogP contribution in [0.25, 0.3) is 10.9 Å². The molecular formula is C22H32N4O4. The van der Waals surface area contributed by atoms with E-state index in [9.17, 15) is 9.59 Å². The van der Waals surface area contributed by atoms with Gasteiger partial charge in [-0.05, 0) is 70.7 Å². The Bertz CT molecular complexity index is 886. The van der Waals surface area contributed by atoms with Crippen molar-refractivity contribution in [2.75, 3.05) is 12.4 Å². The van der Waals surface area contributed by atoms with Gasteiger partial charge in [0, 0.05) is 23.5 Å². The molecule has 0 saturated heterocycles. The second-order valence-electron chi connectivity index (χ2n) is 8.43. The summed E-state index contributed by atoms with van der Waals surface area (Å²) < 4.78 is 10.6. The van der Waals surface area contributed by atoms with E-state index < -0.39 is 11.7 Å². The van der Waals surface area contributed by atoms with Crippen LogP contribution in [0, 0.1) is 5.92 Å². The summed E-state index contributed by atoms with van der Waals surface area (Å²) in [6.07, 6.45) is 4.23. The van der Waals surface area contributed by atoms with Crippen LogP contribution in [0.15, 0.2) is 30.5 Å². The van der Waals surface area contributed by atoms with Gasteiger partial charge in [0.1, 0.15) is 11.4 Å². The molecule has 1 heterocycles. The third kappa shape index (κ3) is 6.06. The number of pyridine rings is 1. The lowest BCUT2D eigenvalue weighted by atomic mass is 9.85.